The van der Waals surface area contributed by atoms with Crippen LogP contribution in [-0.4, -0.2) is 4.98 Å². The number of rotatable bonds is 5. The Morgan fingerprint density at radius 2 is 2.29 bits per heavy atom. The first-order chi connectivity index (χ1) is 8.19. The third-order valence-corrected chi connectivity index (χ3v) is 3.62. The normalized spacial score (nSPS) is 12.9. The van der Waals surface area contributed by atoms with Gasteiger partial charge < -0.3 is 9.73 Å². The summed E-state index contributed by atoms with van der Waals surface area (Å²) in [4.78, 5) is 5.50. The lowest BCUT2D eigenvalue weighted by atomic mass is 10.2. The third kappa shape index (κ3) is 3.17. The van der Waals surface area contributed by atoms with E-state index in [0.717, 1.165) is 29.5 Å². The molecule has 2 heterocycles. The van der Waals surface area contributed by atoms with Crippen molar-refractivity contribution >= 4 is 11.3 Å². The maximum Gasteiger partial charge on any atom is 0.120 e. The van der Waals surface area contributed by atoms with Crippen LogP contribution >= 0.6 is 11.3 Å². The molecule has 3 nitrogen and oxygen atoms in total. The molecule has 92 valence electrons. The van der Waals surface area contributed by atoms with Crippen molar-refractivity contribution in [2.75, 3.05) is 0 Å². The van der Waals surface area contributed by atoms with Gasteiger partial charge in [0.05, 0.1) is 11.0 Å². The fraction of sp³-hybridized carbons (Fsp3) is 0.462. The van der Waals surface area contributed by atoms with Gasteiger partial charge in [0.2, 0.25) is 0 Å². The van der Waals surface area contributed by atoms with Crippen molar-refractivity contribution in [3.05, 3.63) is 39.7 Å². The van der Waals surface area contributed by atoms with E-state index in [1.165, 1.54) is 4.88 Å². The van der Waals surface area contributed by atoms with Gasteiger partial charge in [-0.1, -0.05) is 6.92 Å². The average molecular weight is 250 g/mol. The minimum absolute atomic E-state index is 0.234. The summed E-state index contributed by atoms with van der Waals surface area (Å²) in [5, 5.41) is 4.55. The highest BCUT2D eigenvalue weighted by molar-refractivity contribution is 7.11. The van der Waals surface area contributed by atoms with Crippen LogP contribution in [0.2, 0.25) is 0 Å². The van der Waals surface area contributed by atoms with Crippen molar-refractivity contribution in [3.8, 4) is 0 Å². The molecule has 0 aliphatic rings. The lowest BCUT2D eigenvalue weighted by molar-refractivity contribution is 0.409. The van der Waals surface area contributed by atoms with E-state index < -0.39 is 0 Å². The van der Waals surface area contributed by atoms with Gasteiger partial charge in [0.25, 0.3) is 0 Å². The van der Waals surface area contributed by atoms with E-state index in [2.05, 4.69) is 30.2 Å². The van der Waals surface area contributed by atoms with E-state index in [9.17, 15) is 0 Å². The van der Waals surface area contributed by atoms with Gasteiger partial charge in [-0.2, -0.15) is 0 Å². The number of hydrogen-bond acceptors (Lipinski definition) is 4. The molecule has 0 aliphatic carbocycles. The Kier molecular flexibility index (Phi) is 3.97. The first kappa shape index (κ1) is 12.3. The Labute approximate surface area is 106 Å². The van der Waals surface area contributed by atoms with Gasteiger partial charge >= 0.3 is 0 Å². The topological polar surface area (TPSA) is 38.1 Å². The molecular formula is C13H18N2OS. The number of aromatic nitrogens is 1. The van der Waals surface area contributed by atoms with E-state index in [4.69, 9.17) is 4.42 Å². The fourth-order valence-corrected chi connectivity index (χ4v) is 2.40. The average Bonchev–Trinajstić information content (AvgIpc) is 2.94. The monoisotopic (exact) mass is 250 g/mol. The number of thiazole rings is 1. The molecule has 17 heavy (non-hydrogen) atoms. The summed E-state index contributed by atoms with van der Waals surface area (Å²) >= 11 is 1.73. The highest BCUT2D eigenvalue weighted by atomic mass is 32.1. The first-order valence-corrected chi connectivity index (χ1v) is 6.74. The molecule has 1 atom stereocenters. The summed E-state index contributed by atoms with van der Waals surface area (Å²) in [5.74, 6) is 2.05. The number of hydrogen-bond donors (Lipinski definition) is 1. The van der Waals surface area contributed by atoms with Crippen LogP contribution in [0.5, 0.6) is 0 Å². The molecule has 2 aromatic heterocycles. The van der Waals surface area contributed by atoms with Crippen LogP contribution in [0, 0.1) is 6.92 Å². The zero-order valence-corrected chi connectivity index (χ0v) is 11.3. The summed E-state index contributed by atoms with van der Waals surface area (Å²) in [6.45, 7) is 7.08. The van der Waals surface area contributed by atoms with Gasteiger partial charge in [0, 0.05) is 24.0 Å². The molecule has 0 saturated heterocycles. The van der Waals surface area contributed by atoms with Crippen molar-refractivity contribution in [2.45, 2.75) is 39.8 Å². The maximum absolute atomic E-state index is 5.71. The molecule has 0 saturated carbocycles. The molecule has 1 unspecified atom stereocenters. The number of nitrogens with one attached hydrogen (secondary N) is 1. The van der Waals surface area contributed by atoms with E-state index in [0.29, 0.717) is 0 Å². The van der Waals surface area contributed by atoms with E-state index in [1.807, 2.05) is 19.2 Å². The van der Waals surface area contributed by atoms with E-state index >= 15 is 0 Å². The quantitative estimate of drug-likeness (QED) is 0.883. The second-order valence-electron chi connectivity index (χ2n) is 4.11. The van der Waals surface area contributed by atoms with Crippen molar-refractivity contribution < 1.29 is 4.42 Å². The van der Waals surface area contributed by atoms with E-state index in [-0.39, 0.29) is 6.04 Å². The first-order valence-electron chi connectivity index (χ1n) is 5.92. The lowest BCUT2D eigenvalue weighted by Crippen LogP contribution is -2.16. The standard InChI is InChI=1S/C13H18N2OS/c1-4-11-5-6-13(16-11)9(2)14-7-12-8-15-10(3)17-12/h5-6,8-9,14H,4,7H2,1-3H3. The Morgan fingerprint density at radius 1 is 1.47 bits per heavy atom. The summed E-state index contributed by atoms with van der Waals surface area (Å²) in [5.41, 5.74) is 0. The molecule has 0 aromatic carbocycles. The minimum atomic E-state index is 0.234. The number of nitrogens with zero attached hydrogens (tertiary/aromatic N) is 1. The zero-order valence-electron chi connectivity index (χ0n) is 10.5. The van der Waals surface area contributed by atoms with Crippen molar-refractivity contribution in [1.29, 1.82) is 0 Å². The second kappa shape index (κ2) is 5.47. The maximum atomic E-state index is 5.71. The summed E-state index contributed by atoms with van der Waals surface area (Å²) in [6.07, 6.45) is 2.88. The Bertz CT molecular complexity index is 475. The molecule has 4 heteroatoms. The van der Waals surface area contributed by atoms with Gasteiger partial charge in [0.1, 0.15) is 11.5 Å². The Hall–Kier alpha value is -1.13. The summed E-state index contributed by atoms with van der Waals surface area (Å²) in [7, 11) is 0. The molecule has 0 bridgehead atoms. The molecule has 0 radical (unpaired) electrons. The van der Waals surface area contributed by atoms with Crippen molar-refractivity contribution in [1.82, 2.24) is 10.3 Å². The SMILES string of the molecule is CCc1ccc(C(C)NCc2cnc(C)s2)o1. The van der Waals surface area contributed by atoms with Crippen LogP contribution in [0.3, 0.4) is 0 Å². The molecule has 0 amide bonds. The van der Waals surface area contributed by atoms with Crippen LogP contribution < -0.4 is 5.32 Å². The van der Waals surface area contributed by atoms with Gasteiger partial charge in [0.15, 0.2) is 0 Å². The predicted octanol–water partition coefficient (Wildman–Crippen LogP) is 3.46. The predicted molar refractivity (Wildman–Crippen MR) is 70.2 cm³/mol. The van der Waals surface area contributed by atoms with Crippen LogP contribution in [0.25, 0.3) is 0 Å². The molecule has 1 N–H and O–H groups in total. The molecule has 0 aliphatic heterocycles. The molecule has 0 spiro atoms. The van der Waals surface area contributed by atoms with Crippen LogP contribution in [-0.2, 0) is 13.0 Å². The summed E-state index contributed by atoms with van der Waals surface area (Å²) in [6, 6.07) is 4.33. The third-order valence-electron chi connectivity index (χ3n) is 2.71. The largest absolute Gasteiger partial charge is 0.464 e. The van der Waals surface area contributed by atoms with Crippen molar-refractivity contribution in [2.24, 2.45) is 0 Å². The minimum Gasteiger partial charge on any atom is -0.464 e. The van der Waals surface area contributed by atoms with Crippen LogP contribution in [0.4, 0.5) is 0 Å². The second-order valence-corrected chi connectivity index (χ2v) is 5.43. The Balaban J connectivity index is 1.90. The molecule has 2 rings (SSSR count). The lowest BCUT2D eigenvalue weighted by Gasteiger charge is -2.09. The van der Waals surface area contributed by atoms with Crippen LogP contribution in [0.1, 0.15) is 41.3 Å². The van der Waals surface area contributed by atoms with Gasteiger partial charge in [-0.15, -0.1) is 11.3 Å². The molecule has 2 aromatic rings. The van der Waals surface area contributed by atoms with Gasteiger partial charge in [-0.25, -0.2) is 4.98 Å². The highest BCUT2D eigenvalue weighted by Crippen LogP contribution is 2.18. The van der Waals surface area contributed by atoms with Gasteiger partial charge in [-0.3, -0.25) is 0 Å². The van der Waals surface area contributed by atoms with Crippen molar-refractivity contribution in [3.63, 3.8) is 0 Å². The summed E-state index contributed by atoms with van der Waals surface area (Å²) < 4.78 is 5.71. The van der Waals surface area contributed by atoms with Gasteiger partial charge in [-0.05, 0) is 26.0 Å². The van der Waals surface area contributed by atoms with E-state index in [1.54, 1.807) is 11.3 Å². The molecule has 0 fully saturated rings. The fourth-order valence-electron chi connectivity index (χ4n) is 1.66. The number of furan rings is 1. The zero-order chi connectivity index (χ0) is 12.3. The highest BCUT2D eigenvalue weighted by Gasteiger charge is 2.10. The smallest absolute Gasteiger partial charge is 0.120 e. The van der Waals surface area contributed by atoms with Crippen LogP contribution in [0.15, 0.2) is 22.7 Å². The number of aryl methyl sites for hydroxylation is 2. The Morgan fingerprint density at radius 3 is 2.88 bits per heavy atom. The molecular weight excluding hydrogens is 232 g/mol.